The zero-order valence-corrected chi connectivity index (χ0v) is 11.2. The highest BCUT2D eigenvalue weighted by molar-refractivity contribution is 6.00. The number of rotatable bonds is 4. The van der Waals surface area contributed by atoms with Crippen LogP contribution >= 0.6 is 0 Å². The first-order valence-corrected chi connectivity index (χ1v) is 6.30. The van der Waals surface area contributed by atoms with Crippen LogP contribution in [-0.4, -0.2) is 16.0 Å². The van der Waals surface area contributed by atoms with Gasteiger partial charge in [-0.3, -0.25) is 14.9 Å². The van der Waals surface area contributed by atoms with Crippen molar-refractivity contribution >= 4 is 23.0 Å². The van der Waals surface area contributed by atoms with Crippen molar-refractivity contribution in [1.29, 1.82) is 0 Å². The van der Waals surface area contributed by atoms with Crippen LogP contribution in [0.4, 0.5) is 17.1 Å². The summed E-state index contributed by atoms with van der Waals surface area (Å²) in [6.07, 6.45) is 0.164. The van der Waals surface area contributed by atoms with Crippen LogP contribution in [0.1, 0.15) is 17.0 Å². The number of benzene rings is 1. The summed E-state index contributed by atoms with van der Waals surface area (Å²) in [7, 11) is 0. The molecule has 2 N–H and O–H groups in total. The molecule has 0 unspecified atom stereocenters. The molecule has 2 aromatic rings. The summed E-state index contributed by atoms with van der Waals surface area (Å²) in [6, 6.07) is 4.73. The predicted molar refractivity (Wildman–Crippen MR) is 74.0 cm³/mol. The molecule has 0 radical (unpaired) electrons. The topological polar surface area (TPSA) is 110 Å². The van der Waals surface area contributed by atoms with Gasteiger partial charge in [0, 0.05) is 17.8 Å². The molecule has 1 aromatic heterocycles. The molecule has 108 valence electrons. The number of hydrogen-bond donors (Lipinski definition) is 2. The number of nitrogens with one attached hydrogen (secondary N) is 2. The maximum atomic E-state index is 11.3. The van der Waals surface area contributed by atoms with Crippen molar-refractivity contribution in [3.63, 3.8) is 0 Å². The fraction of sp³-hybridized carbons (Fsp3) is 0.231. The van der Waals surface area contributed by atoms with E-state index < -0.39 is 4.92 Å². The lowest BCUT2D eigenvalue weighted by Gasteiger charge is -2.07. The number of amides is 1. The van der Waals surface area contributed by atoms with Crippen molar-refractivity contribution in [2.75, 3.05) is 10.6 Å². The third-order valence-electron chi connectivity index (χ3n) is 3.17. The molecular formula is C13H12N4O4. The average Bonchev–Trinajstić information content (AvgIpc) is 2.99. The first-order valence-electron chi connectivity index (χ1n) is 6.30. The molecule has 0 bridgehead atoms. The van der Waals surface area contributed by atoms with Crippen LogP contribution in [0.15, 0.2) is 22.7 Å². The summed E-state index contributed by atoms with van der Waals surface area (Å²) in [4.78, 5) is 22.0. The molecule has 3 rings (SSSR count). The largest absolute Gasteiger partial charge is 0.372 e. The Morgan fingerprint density at radius 1 is 1.48 bits per heavy atom. The first kappa shape index (κ1) is 13.1. The molecule has 8 nitrogen and oxygen atoms in total. The Hall–Kier alpha value is -2.90. The van der Waals surface area contributed by atoms with Gasteiger partial charge in [-0.2, -0.15) is 0 Å². The number of nitro benzene ring substituents is 1. The lowest BCUT2D eigenvalue weighted by molar-refractivity contribution is -0.384. The quantitative estimate of drug-likeness (QED) is 0.657. The molecule has 0 aliphatic carbocycles. The number of aryl methyl sites for hydroxylation is 1. The summed E-state index contributed by atoms with van der Waals surface area (Å²) in [5, 5.41) is 20.5. The van der Waals surface area contributed by atoms with E-state index in [0.29, 0.717) is 22.7 Å². The third-order valence-corrected chi connectivity index (χ3v) is 3.17. The molecular weight excluding hydrogens is 276 g/mol. The minimum atomic E-state index is -0.475. The van der Waals surface area contributed by atoms with Gasteiger partial charge in [0.15, 0.2) is 5.76 Å². The second-order valence-electron chi connectivity index (χ2n) is 4.80. The summed E-state index contributed by atoms with van der Waals surface area (Å²) < 4.78 is 5.04. The number of hydrogen-bond acceptors (Lipinski definition) is 6. The van der Waals surface area contributed by atoms with Gasteiger partial charge in [-0.25, -0.2) is 0 Å². The molecule has 2 heterocycles. The van der Waals surface area contributed by atoms with Crippen molar-refractivity contribution in [1.82, 2.24) is 5.16 Å². The summed E-state index contributed by atoms with van der Waals surface area (Å²) in [5.41, 5.74) is 2.23. The van der Waals surface area contributed by atoms with Crippen LogP contribution in [0.25, 0.3) is 0 Å². The summed E-state index contributed by atoms with van der Waals surface area (Å²) in [6.45, 7) is 2.06. The Kier molecular flexibility index (Phi) is 3.05. The maximum Gasteiger partial charge on any atom is 0.292 e. The second kappa shape index (κ2) is 4.89. The molecule has 8 heteroatoms. The highest BCUT2D eigenvalue weighted by Crippen LogP contribution is 2.34. The van der Waals surface area contributed by atoms with E-state index in [1.165, 1.54) is 6.07 Å². The lowest BCUT2D eigenvalue weighted by atomic mass is 10.1. The molecule has 0 atom stereocenters. The Labute approximate surface area is 119 Å². The van der Waals surface area contributed by atoms with E-state index in [1.807, 2.05) is 0 Å². The fourth-order valence-corrected chi connectivity index (χ4v) is 2.24. The zero-order chi connectivity index (χ0) is 15.0. The SMILES string of the molecule is Cc1cc(CNc2cc3c(cc2[N+](=O)[O-])CC(=O)N3)on1. The van der Waals surface area contributed by atoms with E-state index in [-0.39, 0.29) is 24.6 Å². The van der Waals surface area contributed by atoms with Gasteiger partial charge in [0.25, 0.3) is 5.69 Å². The van der Waals surface area contributed by atoms with Gasteiger partial charge >= 0.3 is 0 Å². The number of carbonyl (C=O) groups excluding carboxylic acids is 1. The van der Waals surface area contributed by atoms with Gasteiger partial charge in [0.2, 0.25) is 5.91 Å². The van der Waals surface area contributed by atoms with Crippen molar-refractivity contribution in [3.05, 3.63) is 45.3 Å². The summed E-state index contributed by atoms with van der Waals surface area (Å²) >= 11 is 0. The molecule has 0 fully saturated rings. The Balaban J connectivity index is 1.88. The van der Waals surface area contributed by atoms with E-state index in [4.69, 9.17) is 4.52 Å². The molecule has 0 saturated heterocycles. The van der Waals surface area contributed by atoms with Crippen LogP contribution < -0.4 is 10.6 Å². The molecule has 21 heavy (non-hydrogen) atoms. The number of anilines is 2. The maximum absolute atomic E-state index is 11.3. The van der Waals surface area contributed by atoms with Crippen molar-refractivity contribution in [2.45, 2.75) is 19.9 Å². The molecule has 1 aliphatic rings. The van der Waals surface area contributed by atoms with E-state index in [0.717, 1.165) is 5.69 Å². The van der Waals surface area contributed by atoms with Crippen LogP contribution in [0.5, 0.6) is 0 Å². The first-order chi connectivity index (χ1) is 10.0. The van der Waals surface area contributed by atoms with Crippen LogP contribution in [0, 0.1) is 17.0 Å². The third kappa shape index (κ3) is 2.55. The van der Waals surface area contributed by atoms with E-state index in [1.54, 1.807) is 19.1 Å². The van der Waals surface area contributed by atoms with Gasteiger partial charge in [-0.15, -0.1) is 0 Å². The molecule has 0 saturated carbocycles. The fourth-order valence-electron chi connectivity index (χ4n) is 2.24. The Morgan fingerprint density at radius 2 is 2.29 bits per heavy atom. The normalized spacial score (nSPS) is 12.9. The van der Waals surface area contributed by atoms with Gasteiger partial charge in [-0.05, 0) is 18.6 Å². The van der Waals surface area contributed by atoms with Gasteiger partial charge in [-0.1, -0.05) is 5.16 Å². The van der Waals surface area contributed by atoms with Gasteiger partial charge < -0.3 is 15.2 Å². The van der Waals surface area contributed by atoms with Crippen molar-refractivity contribution in [2.24, 2.45) is 0 Å². The number of carbonyl (C=O) groups is 1. The van der Waals surface area contributed by atoms with Crippen molar-refractivity contribution < 1.29 is 14.2 Å². The predicted octanol–water partition coefficient (Wildman–Crippen LogP) is 2.00. The van der Waals surface area contributed by atoms with Crippen LogP contribution in [0.2, 0.25) is 0 Å². The number of fused-ring (bicyclic) bond motifs is 1. The van der Waals surface area contributed by atoms with E-state index in [2.05, 4.69) is 15.8 Å². The average molecular weight is 288 g/mol. The van der Waals surface area contributed by atoms with Gasteiger partial charge in [0.05, 0.1) is 23.6 Å². The minimum absolute atomic E-state index is 0.0681. The smallest absolute Gasteiger partial charge is 0.292 e. The zero-order valence-electron chi connectivity index (χ0n) is 11.2. The molecule has 1 amide bonds. The minimum Gasteiger partial charge on any atom is -0.372 e. The Bertz CT molecular complexity index is 738. The van der Waals surface area contributed by atoms with Crippen LogP contribution in [-0.2, 0) is 17.8 Å². The standard InChI is InChI=1S/C13H12N4O4/c1-7-2-9(21-16-7)6-14-11-5-10-8(4-13(18)15-10)3-12(11)17(19)20/h2-3,5,14H,4,6H2,1H3,(H,15,18). The Morgan fingerprint density at radius 3 is 2.95 bits per heavy atom. The molecule has 0 spiro atoms. The van der Waals surface area contributed by atoms with Gasteiger partial charge in [0.1, 0.15) is 5.69 Å². The highest BCUT2D eigenvalue weighted by Gasteiger charge is 2.24. The van der Waals surface area contributed by atoms with E-state index >= 15 is 0 Å². The number of aromatic nitrogens is 1. The van der Waals surface area contributed by atoms with Crippen LogP contribution in [0.3, 0.4) is 0 Å². The lowest BCUT2D eigenvalue weighted by Crippen LogP contribution is -2.04. The molecule has 1 aliphatic heterocycles. The molecule has 1 aromatic carbocycles. The second-order valence-corrected chi connectivity index (χ2v) is 4.80. The monoisotopic (exact) mass is 288 g/mol. The van der Waals surface area contributed by atoms with E-state index in [9.17, 15) is 14.9 Å². The highest BCUT2D eigenvalue weighted by atomic mass is 16.6. The number of nitro groups is 1. The van der Waals surface area contributed by atoms with Crippen molar-refractivity contribution in [3.8, 4) is 0 Å². The summed E-state index contributed by atoms with van der Waals surface area (Å²) in [5.74, 6) is 0.411. The number of nitrogens with zero attached hydrogens (tertiary/aromatic N) is 2.